The highest BCUT2D eigenvalue weighted by molar-refractivity contribution is 6.22. The Morgan fingerprint density at radius 1 is 0.600 bits per heavy atom. The lowest BCUT2D eigenvalue weighted by Gasteiger charge is -2.44. The first-order valence-corrected chi connectivity index (χ1v) is 9.40. The second kappa shape index (κ2) is 9.60. The van der Waals surface area contributed by atoms with Crippen molar-refractivity contribution in [2.75, 3.05) is 0 Å². The normalized spacial score (nSPS) is 15.8. The first-order valence-electron chi connectivity index (χ1n) is 9.03. The van der Waals surface area contributed by atoms with Gasteiger partial charge >= 0.3 is 58.7 Å². The number of hydrogen-bond acceptors (Lipinski definition) is 2. The molecule has 0 fully saturated rings. The molecule has 1 aromatic heterocycles. The summed E-state index contributed by atoms with van der Waals surface area (Å²) in [6.07, 6.45) is 0.731. The van der Waals surface area contributed by atoms with Crippen molar-refractivity contribution in [1.82, 2.24) is 5.32 Å². The summed E-state index contributed by atoms with van der Waals surface area (Å²) in [5.41, 5.74) is 0. The molecule has 40 heavy (non-hydrogen) atoms. The standard InChI is InChI=1S/C16H6ClF20NO2/c17-16(36,37)15(34,35)14(32,33)13(30,31)12(28,29)11(26,27)10(24,25)9(22,23)8(20,21)7(18,19)6(39)38-4-5-2-1-3-40-5/h1-3H,4H2,(H,38,39). The minimum Gasteiger partial charge on any atom is -0.467 e. The fraction of sp³-hybridized carbons (Fsp3) is 0.688. The maximum absolute atomic E-state index is 13.8. The van der Waals surface area contributed by atoms with Gasteiger partial charge in [0.15, 0.2) is 0 Å². The molecule has 0 saturated carbocycles. The van der Waals surface area contributed by atoms with Gasteiger partial charge in [-0.1, -0.05) is 0 Å². The largest absolute Gasteiger partial charge is 0.467 e. The molecule has 0 aliphatic heterocycles. The third-order valence-corrected chi connectivity index (χ3v) is 5.04. The minimum absolute atomic E-state index is 0.636. The van der Waals surface area contributed by atoms with Crippen molar-refractivity contribution >= 4 is 17.5 Å². The molecule has 3 nitrogen and oxygen atoms in total. The second-order valence-electron chi connectivity index (χ2n) is 7.43. The third kappa shape index (κ3) is 4.58. The molecule has 1 rings (SSSR count). The van der Waals surface area contributed by atoms with Crippen LogP contribution < -0.4 is 5.32 Å². The number of hydrogen-bond donors (Lipinski definition) is 1. The molecule has 0 aliphatic rings. The van der Waals surface area contributed by atoms with E-state index in [-0.39, 0.29) is 0 Å². The Morgan fingerprint density at radius 3 is 1.23 bits per heavy atom. The van der Waals surface area contributed by atoms with Crippen molar-refractivity contribution < 1.29 is 97.0 Å². The van der Waals surface area contributed by atoms with Gasteiger partial charge in [0, 0.05) is 0 Å². The second-order valence-corrected chi connectivity index (χ2v) is 7.90. The van der Waals surface area contributed by atoms with E-state index in [1.54, 1.807) is 0 Å². The molecule has 0 spiro atoms. The van der Waals surface area contributed by atoms with Gasteiger partial charge < -0.3 is 9.73 Å². The van der Waals surface area contributed by atoms with Gasteiger partial charge in [0.05, 0.1) is 12.8 Å². The Labute approximate surface area is 210 Å². The van der Waals surface area contributed by atoms with Crippen LogP contribution in [0.15, 0.2) is 22.8 Å². The lowest BCUT2D eigenvalue weighted by Crippen LogP contribution is -2.77. The molecule has 0 aliphatic carbocycles. The average molecular weight is 660 g/mol. The van der Waals surface area contributed by atoms with Crippen LogP contribution in [0.3, 0.4) is 0 Å². The summed E-state index contributed by atoms with van der Waals surface area (Å²) in [7, 11) is 0. The molecule has 0 radical (unpaired) electrons. The van der Waals surface area contributed by atoms with Gasteiger partial charge in [0.1, 0.15) is 5.76 Å². The van der Waals surface area contributed by atoms with Crippen molar-refractivity contribution in [3.63, 3.8) is 0 Å². The number of amides is 1. The highest BCUT2D eigenvalue weighted by Crippen LogP contribution is 2.66. The van der Waals surface area contributed by atoms with E-state index < -0.39 is 76.9 Å². The van der Waals surface area contributed by atoms with Crippen LogP contribution in [0.25, 0.3) is 0 Å². The number of alkyl halides is 21. The Balaban J connectivity index is 3.64. The summed E-state index contributed by atoms with van der Waals surface area (Å²) in [6.45, 7) is -1.44. The van der Waals surface area contributed by atoms with Crippen LogP contribution in [0, 0.1) is 0 Å². The number of carbonyl (C=O) groups excluding carboxylic acids is 1. The number of carbonyl (C=O) groups is 1. The van der Waals surface area contributed by atoms with Crippen LogP contribution in [0.5, 0.6) is 0 Å². The van der Waals surface area contributed by atoms with Crippen molar-refractivity contribution in [2.24, 2.45) is 0 Å². The summed E-state index contributed by atoms with van der Waals surface area (Å²) in [4.78, 5) is 11.2. The van der Waals surface area contributed by atoms with Gasteiger partial charge in [-0.3, -0.25) is 4.79 Å². The zero-order valence-electron chi connectivity index (χ0n) is 17.7. The van der Waals surface area contributed by atoms with Gasteiger partial charge in [0.2, 0.25) is 0 Å². The highest BCUT2D eigenvalue weighted by Gasteiger charge is 2.98. The molecule has 234 valence electrons. The van der Waals surface area contributed by atoms with Gasteiger partial charge in [-0.15, -0.1) is 0 Å². The van der Waals surface area contributed by atoms with E-state index in [0.29, 0.717) is 5.32 Å². The fourth-order valence-corrected chi connectivity index (χ4v) is 2.51. The molecule has 24 heteroatoms. The number of rotatable bonds is 12. The topological polar surface area (TPSA) is 42.2 Å². The Morgan fingerprint density at radius 2 is 0.925 bits per heavy atom. The third-order valence-electron chi connectivity index (χ3n) is 4.80. The van der Waals surface area contributed by atoms with Crippen LogP contribution in [-0.4, -0.2) is 64.6 Å². The summed E-state index contributed by atoms with van der Waals surface area (Å²) >= 11 is 3.32. The molecule has 0 unspecified atom stereocenters. The smallest absolute Gasteiger partial charge is 0.393 e. The van der Waals surface area contributed by atoms with E-state index in [0.717, 1.165) is 18.4 Å². The molecule has 0 aromatic carbocycles. The zero-order chi connectivity index (χ0) is 32.4. The van der Waals surface area contributed by atoms with Crippen molar-refractivity contribution in [2.45, 2.75) is 65.2 Å². The maximum atomic E-state index is 13.8. The van der Waals surface area contributed by atoms with Gasteiger partial charge in [-0.05, 0) is 23.7 Å². The zero-order valence-corrected chi connectivity index (χ0v) is 18.4. The van der Waals surface area contributed by atoms with Crippen LogP contribution >= 0.6 is 11.6 Å². The van der Waals surface area contributed by atoms with Crippen LogP contribution in [0.4, 0.5) is 87.8 Å². The molecule has 1 heterocycles. The van der Waals surface area contributed by atoms with E-state index in [2.05, 4.69) is 16.0 Å². The first-order chi connectivity index (χ1) is 17.2. The molecule has 1 aromatic rings. The molecule has 0 atom stereocenters. The molecule has 0 bridgehead atoms. The summed E-state index contributed by atoms with van der Waals surface area (Å²) in [5.74, 6) is -82.0. The summed E-state index contributed by atoms with van der Waals surface area (Å²) in [6, 6.07) is 1.72. The molecule has 1 amide bonds. The number of halogens is 21. The predicted octanol–water partition coefficient (Wildman–Crippen LogP) is 7.45. The van der Waals surface area contributed by atoms with Crippen LogP contribution in [0.1, 0.15) is 5.76 Å². The average Bonchev–Trinajstić information content (AvgIpc) is 3.29. The molecule has 1 N–H and O–H groups in total. The van der Waals surface area contributed by atoms with Crippen LogP contribution in [0.2, 0.25) is 0 Å². The van der Waals surface area contributed by atoms with E-state index >= 15 is 0 Å². The van der Waals surface area contributed by atoms with E-state index in [4.69, 9.17) is 0 Å². The van der Waals surface area contributed by atoms with Crippen molar-refractivity contribution in [1.29, 1.82) is 0 Å². The Hall–Kier alpha value is -2.36. The SMILES string of the molecule is O=C(NCc1ccco1)C(F)(F)C(F)(F)C(F)(F)C(F)(F)C(F)(F)C(F)(F)C(F)(F)C(F)(F)C(F)(F)C(F)(F)Cl. The monoisotopic (exact) mass is 659 g/mol. The lowest BCUT2D eigenvalue weighted by molar-refractivity contribution is -0.464. The van der Waals surface area contributed by atoms with Gasteiger partial charge in [-0.2, -0.15) is 87.8 Å². The summed E-state index contributed by atoms with van der Waals surface area (Å²) in [5, 5.41) is -6.44. The molecular formula is C16H6ClF20NO2. The van der Waals surface area contributed by atoms with Crippen molar-refractivity contribution in [3.8, 4) is 0 Å². The van der Waals surface area contributed by atoms with Crippen molar-refractivity contribution in [3.05, 3.63) is 24.2 Å². The fourth-order valence-electron chi connectivity index (χ4n) is 2.39. The number of furan rings is 1. The quantitative estimate of drug-likeness (QED) is 0.187. The maximum Gasteiger partial charge on any atom is 0.393 e. The Bertz CT molecular complexity index is 1060. The Kier molecular flexibility index (Phi) is 8.56. The highest BCUT2D eigenvalue weighted by atomic mass is 35.5. The minimum atomic E-state index is -9.18. The van der Waals surface area contributed by atoms with E-state index in [1.165, 1.54) is 0 Å². The van der Waals surface area contributed by atoms with E-state index in [1.807, 2.05) is 0 Å². The number of nitrogens with one attached hydrogen (secondary N) is 1. The van der Waals surface area contributed by atoms with E-state index in [9.17, 15) is 92.6 Å². The molecular weight excluding hydrogens is 654 g/mol. The molecule has 0 saturated heterocycles. The first kappa shape index (κ1) is 35.7. The summed E-state index contributed by atoms with van der Waals surface area (Å²) < 4.78 is 273. The van der Waals surface area contributed by atoms with Crippen LogP contribution in [-0.2, 0) is 11.3 Å². The lowest BCUT2D eigenvalue weighted by atomic mass is 9.86. The predicted molar refractivity (Wildman–Crippen MR) is 85.9 cm³/mol. The van der Waals surface area contributed by atoms with Gasteiger partial charge in [0.25, 0.3) is 5.91 Å². The van der Waals surface area contributed by atoms with Gasteiger partial charge in [-0.25, -0.2) is 0 Å².